The Morgan fingerprint density at radius 1 is 1.34 bits per heavy atom. The third-order valence-electron chi connectivity index (χ3n) is 5.89. The van der Waals surface area contributed by atoms with Crippen LogP contribution in [0, 0.1) is 11.8 Å². The molecule has 8 nitrogen and oxygen atoms in total. The number of nitrogens with one attached hydrogen (secondary N) is 1. The minimum Gasteiger partial charge on any atom is -0.354 e. The number of fused-ring (bicyclic) bond motifs is 4. The summed E-state index contributed by atoms with van der Waals surface area (Å²) in [5.41, 5.74) is 1.07. The van der Waals surface area contributed by atoms with Gasteiger partial charge in [0.25, 0.3) is 5.56 Å². The molecule has 1 amide bonds. The predicted molar refractivity (Wildman–Crippen MR) is 107 cm³/mol. The van der Waals surface area contributed by atoms with Crippen LogP contribution < -0.4 is 10.9 Å². The molecule has 8 heteroatoms. The fourth-order valence-corrected chi connectivity index (χ4v) is 4.76. The molecule has 1 saturated heterocycles. The van der Waals surface area contributed by atoms with Gasteiger partial charge in [0.05, 0.1) is 12.6 Å². The minimum atomic E-state index is -0.0743. The molecule has 4 heterocycles. The van der Waals surface area contributed by atoms with E-state index in [4.69, 9.17) is 4.52 Å². The van der Waals surface area contributed by atoms with Crippen molar-refractivity contribution in [3.05, 3.63) is 46.0 Å². The number of carbonyl (C=O) groups is 1. The van der Waals surface area contributed by atoms with E-state index in [0.717, 1.165) is 31.6 Å². The summed E-state index contributed by atoms with van der Waals surface area (Å²) in [6.07, 6.45) is 1.81. The van der Waals surface area contributed by atoms with Gasteiger partial charge in [-0.1, -0.05) is 25.1 Å². The van der Waals surface area contributed by atoms with E-state index in [9.17, 15) is 9.59 Å². The number of rotatable bonds is 6. The highest BCUT2D eigenvalue weighted by atomic mass is 16.5. The first kappa shape index (κ1) is 19.8. The average Bonchev–Trinajstić information content (AvgIpc) is 3.08. The zero-order valence-electron chi connectivity index (χ0n) is 17.3. The van der Waals surface area contributed by atoms with Crippen LogP contribution in [0.1, 0.15) is 56.6 Å². The molecule has 3 atom stereocenters. The Morgan fingerprint density at radius 2 is 2.17 bits per heavy atom. The zero-order chi connectivity index (χ0) is 20.5. The molecular weight excluding hydrogens is 370 g/mol. The van der Waals surface area contributed by atoms with E-state index in [1.54, 1.807) is 6.07 Å². The lowest BCUT2D eigenvalue weighted by atomic mass is 9.78. The van der Waals surface area contributed by atoms with Crippen molar-refractivity contribution in [3.8, 4) is 0 Å². The van der Waals surface area contributed by atoms with E-state index in [1.165, 1.54) is 6.92 Å². The maximum atomic E-state index is 12.6. The smallest absolute Gasteiger partial charge is 0.251 e. The van der Waals surface area contributed by atoms with Crippen LogP contribution in [0.5, 0.6) is 0 Å². The summed E-state index contributed by atoms with van der Waals surface area (Å²) in [4.78, 5) is 31.0. The number of amides is 1. The van der Waals surface area contributed by atoms with Gasteiger partial charge in [-0.05, 0) is 24.3 Å². The molecule has 2 aromatic rings. The summed E-state index contributed by atoms with van der Waals surface area (Å²) in [6, 6.07) is 5.45. The van der Waals surface area contributed by atoms with Crippen LogP contribution in [0.2, 0.25) is 0 Å². The highest BCUT2D eigenvalue weighted by molar-refractivity contribution is 5.72. The normalized spacial score (nSPS) is 23.8. The topological polar surface area (TPSA) is 93.3 Å². The maximum absolute atomic E-state index is 12.6. The van der Waals surface area contributed by atoms with Gasteiger partial charge in [0.15, 0.2) is 5.82 Å². The quantitative estimate of drug-likeness (QED) is 0.795. The van der Waals surface area contributed by atoms with Gasteiger partial charge >= 0.3 is 0 Å². The molecule has 0 radical (unpaired) electrons. The maximum Gasteiger partial charge on any atom is 0.251 e. The van der Waals surface area contributed by atoms with E-state index in [2.05, 4.69) is 34.2 Å². The van der Waals surface area contributed by atoms with Crippen LogP contribution in [0.25, 0.3) is 0 Å². The number of likely N-dealkylation sites (tertiary alicyclic amines) is 1. The number of aromatic nitrogens is 3. The molecular formula is C21H29N5O3. The van der Waals surface area contributed by atoms with Crippen LogP contribution in [-0.2, 0) is 17.8 Å². The number of pyridine rings is 1. The van der Waals surface area contributed by atoms with E-state index in [0.29, 0.717) is 36.6 Å². The Kier molecular flexibility index (Phi) is 5.54. The molecule has 29 heavy (non-hydrogen) atoms. The number of hydrogen-bond acceptors (Lipinski definition) is 6. The number of piperidine rings is 1. The van der Waals surface area contributed by atoms with Crippen molar-refractivity contribution in [3.63, 3.8) is 0 Å². The number of carbonyl (C=O) groups excluding carboxylic acids is 1. The van der Waals surface area contributed by atoms with Crippen molar-refractivity contribution in [2.24, 2.45) is 11.8 Å². The van der Waals surface area contributed by atoms with Crippen molar-refractivity contribution in [1.29, 1.82) is 0 Å². The zero-order valence-corrected chi connectivity index (χ0v) is 17.3. The Labute approximate surface area is 170 Å². The van der Waals surface area contributed by atoms with Crippen molar-refractivity contribution in [2.45, 2.75) is 52.1 Å². The van der Waals surface area contributed by atoms with Gasteiger partial charge in [0.2, 0.25) is 11.8 Å². The Bertz CT molecular complexity index is 934. The third kappa shape index (κ3) is 4.27. The van der Waals surface area contributed by atoms with Crippen molar-refractivity contribution in [2.75, 3.05) is 19.6 Å². The van der Waals surface area contributed by atoms with Crippen LogP contribution in [0.4, 0.5) is 0 Å². The molecule has 0 spiro atoms. The molecule has 2 aromatic heterocycles. The first-order valence-corrected chi connectivity index (χ1v) is 10.4. The predicted octanol–water partition coefficient (Wildman–Crippen LogP) is 1.73. The first-order valence-electron chi connectivity index (χ1n) is 10.4. The van der Waals surface area contributed by atoms with Crippen LogP contribution in [-0.4, -0.2) is 45.1 Å². The van der Waals surface area contributed by atoms with Crippen molar-refractivity contribution >= 4 is 5.91 Å². The fraction of sp³-hybridized carbons (Fsp3) is 0.619. The minimum absolute atomic E-state index is 0.0116. The Hall–Kier alpha value is -2.48. The van der Waals surface area contributed by atoms with Crippen LogP contribution in [0.15, 0.2) is 27.5 Å². The molecule has 1 fully saturated rings. The lowest BCUT2D eigenvalue weighted by Gasteiger charge is -2.46. The second-order valence-electron chi connectivity index (χ2n) is 8.75. The fourth-order valence-electron chi connectivity index (χ4n) is 4.76. The van der Waals surface area contributed by atoms with E-state index in [-0.39, 0.29) is 23.4 Å². The van der Waals surface area contributed by atoms with Gasteiger partial charge in [-0.2, -0.15) is 4.98 Å². The van der Waals surface area contributed by atoms with Crippen molar-refractivity contribution < 1.29 is 9.32 Å². The lowest BCUT2D eigenvalue weighted by Crippen LogP contribution is -2.51. The number of hydrogen-bond donors (Lipinski definition) is 1. The van der Waals surface area contributed by atoms with Crippen molar-refractivity contribution in [1.82, 2.24) is 24.9 Å². The summed E-state index contributed by atoms with van der Waals surface area (Å²) < 4.78 is 7.29. The van der Waals surface area contributed by atoms with Crippen LogP contribution in [0.3, 0.4) is 0 Å². The summed E-state index contributed by atoms with van der Waals surface area (Å²) in [5.74, 6) is 2.38. The summed E-state index contributed by atoms with van der Waals surface area (Å²) >= 11 is 0. The molecule has 0 aromatic carbocycles. The van der Waals surface area contributed by atoms with Gasteiger partial charge in [0, 0.05) is 50.7 Å². The van der Waals surface area contributed by atoms with Crippen LogP contribution >= 0.6 is 0 Å². The number of nitrogens with zero attached hydrogens (tertiary/aromatic N) is 4. The largest absolute Gasteiger partial charge is 0.354 e. The highest BCUT2D eigenvalue weighted by Gasteiger charge is 2.40. The molecule has 1 N–H and O–H groups in total. The summed E-state index contributed by atoms with van der Waals surface area (Å²) in [6.45, 7) is 8.58. The molecule has 2 bridgehead atoms. The molecule has 4 rings (SSSR count). The first-order chi connectivity index (χ1) is 13.9. The second kappa shape index (κ2) is 8.10. The van der Waals surface area contributed by atoms with E-state index in [1.807, 2.05) is 16.7 Å². The van der Waals surface area contributed by atoms with Gasteiger partial charge < -0.3 is 14.4 Å². The molecule has 156 valence electrons. The molecule has 0 aliphatic carbocycles. The average molecular weight is 399 g/mol. The van der Waals surface area contributed by atoms with Gasteiger partial charge in [0.1, 0.15) is 0 Å². The summed E-state index contributed by atoms with van der Waals surface area (Å²) in [7, 11) is 0. The van der Waals surface area contributed by atoms with E-state index < -0.39 is 0 Å². The monoisotopic (exact) mass is 399 g/mol. The molecule has 2 aliphatic heterocycles. The van der Waals surface area contributed by atoms with Gasteiger partial charge in [-0.25, -0.2) is 0 Å². The highest BCUT2D eigenvalue weighted by Crippen LogP contribution is 2.41. The van der Waals surface area contributed by atoms with Gasteiger partial charge in [-0.3, -0.25) is 14.5 Å². The molecule has 0 unspecified atom stereocenters. The van der Waals surface area contributed by atoms with E-state index >= 15 is 0 Å². The lowest BCUT2D eigenvalue weighted by molar-refractivity contribution is -0.119. The van der Waals surface area contributed by atoms with Gasteiger partial charge in [-0.15, -0.1) is 0 Å². The Balaban J connectivity index is 1.55. The summed E-state index contributed by atoms with van der Waals surface area (Å²) in [5, 5.41) is 7.07. The molecule has 0 saturated carbocycles. The Morgan fingerprint density at radius 3 is 2.93 bits per heavy atom. The molecule has 2 aliphatic rings. The second-order valence-corrected chi connectivity index (χ2v) is 8.75. The standard InChI is InChI=1S/C21H29N5O3/c1-13(2)7-20-23-19(24-29-20)12-25-10-15-8-16(11-25)18(9-22-14(3)27)26-17(15)5-4-6-21(26)28/h4-6,13,15-16,18H,7-12H2,1-3H3,(H,22,27)/t15-,16+,18+/m1/s1. The SMILES string of the molecule is CC(=O)NC[C@H]1[C@H]2C[C@H](CN(Cc3noc(CC(C)C)n3)C2)c2cccc(=O)n21. The third-order valence-corrected chi connectivity index (χ3v) is 5.89.